The zero-order valence-electron chi connectivity index (χ0n) is 17.9. The molecule has 2 aromatic rings. The van der Waals surface area contributed by atoms with E-state index < -0.39 is 22.4 Å². The Bertz CT molecular complexity index is 903. The number of amides is 1. The Morgan fingerprint density at radius 3 is 2.47 bits per heavy atom. The minimum atomic E-state index is -0.682. The fourth-order valence-electron chi connectivity index (χ4n) is 2.71. The maximum absolute atomic E-state index is 13.1. The largest absolute Gasteiger partial charge is 0.459 e. The van der Waals surface area contributed by atoms with Crippen LogP contribution in [0.1, 0.15) is 31.1 Å². The van der Waals surface area contributed by atoms with E-state index in [0.717, 1.165) is 0 Å². The molecule has 0 saturated carbocycles. The molecule has 1 aromatic heterocycles. The van der Waals surface area contributed by atoms with Crippen molar-refractivity contribution in [3.05, 3.63) is 52.6 Å². The maximum atomic E-state index is 13.1. The molecule has 0 bridgehead atoms. The number of nitro groups is 1. The predicted molar refractivity (Wildman–Crippen MR) is 111 cm³/mol. The number of carbonyl (C=O) groups excluding carboxylic acids is 2. The molecule has 0 aliphatic heterocycles. The van der Waals surface area contributed by atoms with Crippen LogP contribution in [-0.2, 0) is 9.53 Å². The number of benzene rings is 1. The van der Waals surface area contributed by atoms with Crippen molar-refractivity contribution in [1.29, 1.82) is 0 Å². The molecule has 1 aromatic carbocycles. The average Bonchev–Trinajstić information content (AvgIpc) is 3.17. The Labute approximate surface area is 175 Å². The minimum Gasteiger partial charge on any atom is -0.459 e. The molecule has 1 heterocycles. The second-order valence-electron chi connectivity index (χ2n) is 8.05. The summed E-state index contributed by atoms with van der Waals surface area (Å²) in [6.07, 6.45) is 4.53. The van der Waals surface area contributed by atoms with E-state index in [0.29, 0.717) is 12.2 Å². The third-order valence-electron chi connectivity index (χ3n) is 4.05. The van der Waals surface area contributed by atoms with Crippen LogP contribution < -0.4 is 0 Å². The molecule has 0 radical (unpaired) electrons. The van der Waals surface area contributed by atoms with Gasteiger partial charge < -0.3 is 19.1 Å². The van der Waals surface area contributed by atoms with Gasteiger partial charge in [0.25, 0.3) is 11.6 Å². The summed E-state index contributed by atoms with van der Waals surface area (Å²) in [5, 5.41) is 11.6. The summed E-state index contributed by atoms with van der Waals surface area (Å²) in [6, 6.07) is 4.21. The summed E-state index contributed by atoms with van der Waals surface area (Å²) in [7, 11) is 3.70. The van der Waals surface area contributed by atoms with Crippen LogP contribution in [-0.4, -0.2) is 75.5 Å². The van der Waals surface area contributed by atoms with Gasteiger partial charge in [0.2, 0.25) is 0 Å². The van der Waals surface area contributed by atoms with Crippen LogP contribution in [0, 0.1) is 10.1 Å². The molecule has 0 spiro atoms. The van der Waals surface area contributed by atoms with Gasteiger partial charge in [-0.2, -0.15) is 0 Å². The Kier molecular flexibility index (Phi) is 7.28. The van der Waals surface area contributed by atoms with E-state index in [1.54, 1.807) is 27.0 Å². The van der Waals surface area contributed by atoms with Crippen molar-refractivity contribution < 1.29 is 19.2 Å². The van der Waals surface area contributed by atoms with Crippen LogP contribution in [0.25, 0.3) is 5.69 Å². The molecule has 0 unspecified atom stereocenters. The molecule has 30 heavy (non-hydrogen) atoms. The van der Waals surface area contributed by atoms with Gasteiger partial charge in [-0.25, -0.2) is 4.98 Å². The number of aromatic nitrogens is 2. The SMILES string of the molecule is CN(C)CCN(CC(=O)OC(C)(C)C)C(=O)c1ccc(-n2ccnc2)c([N+](=O)[O-])c1. The lowest BCUT2D eigenvalue weighted by Crippen LogP contribution is -2.42. The Hall–Kier alpha value is -3.27. The molecule has 0 atom stereocenters. The first kappa shape index (κ1) is 23.0. The van der Waals surface area contributed by atoms with Crippen molar-refractivity contribution in [2.24, 2.45) is 0 Å². The normalized spacial score (nSPS) is 11.4. The van der Waals surface area contributed by atoms with Gasteiger partial charge in [-0.1, -0.05) is 0 Å². The zero-order valence-corrected chi connectivity index (χ0v) is 17.9. The van der Waals surface area contributed by atoms with Gasteiger partial charge in [-0.15, -0.1) is 0 Å². The molecule has 162 valence electrons. The molecule has 0 N–H and O–H groups in total. The number of hydrogen-bond donors (Lipinski definition) is 0. The Balaban J connectivity index is 2.32. The number of imidazole rings is 1. The number of ether oxygens (including phenoxy) is 1. The smallest absolute Gasteiger partial charge is 0.326 e. The molecule has 0 aliphatic carbocycles. The van der Waals surface area contributed by atoms with Crippen molar-refractivity contribution >= 4 is 17.6 Å². The number of nitro benzene ring substituents is 1. The summed E-state index contributed by atoms with van der Waals surface area (Å²) in [5.74, 6) is -1.03. The number of likely N-dealkylation sites (N-methyl/N-ethyl adjacent to an activating group) is 1. The first-order valence-corrected chi connectivity index (χ1v) is 9.40. The van der Waals surface area contributed by atoms with Crippen LogP contribution in [0.4, 0.5) is 5.69 Å². The highest BCUT2D eigenvalue weighted by Gasteiger charge is 2.25. The minimum absolute atomic E-state index is 0.118. The lowest BCUT2D eigenvalue weighted by molar-refractivity contribution is -0.384. The predicted octanol–water partition coefficient (Wildman–Crippen LogP) is 2.13. The summed E-state index contributed by atoms with van der Waals surface area (Å²) < 4.78 is 6.82. The number of rotatable bonds is 8. The molecule has 10 nitrogen and oxygen atoms in total. The van der Waals surface area contributed by atoms with Gasteiger partial charge in [-0.05, 0) is 47.0 Å². The topological polar surface area (TPSA) is 111 Å². The third kappa shape index (κ3) is 6.38. The van der Waals surface area contributed by atoms with E-state index in [1.165, 1.54) is 40.2 Å². The lowest BCUT2D eigenvalue weighted by Gasteiger charge is -2.26. The van der Waals surface area contributed by atoms with Gasteiger partial charge in [0.15, 0.2) is 0 Å². The molecule has 1 amide bonds. The van der Waals surface area contributed by atoms with Crippen LogP contribution >= 0.6 is 0 Å². The first-order valence-electron chi connectivity index (χ1n) is 9.40. The Morgan fingerprint density at radius 2 is 1.93 bits per heavy atom. The number of esters is 1. The second kappa shape index (κ2) is 9.49. The lowest BCUT2D eigenvalue weighted by atomic mass is 10.1. The van der Waals surface area contributed by atoms with Gasteiger partial charge >= 0.3 is 5.97 Å². The Morgan fingerprint density at radius 1 is 1.23 bits per heavy atom. The second-order valence-corrected chi connectivity index (χ2v) is 8.05. The summed E-state index contributed by atoms with van der Waals surface area (Å²) >= 11 is 0. The highest BCUT2D eigenvalue weighted by atomic mass is 16.6. The number of nitrogens with zero attached hydrogens (tertiary/aromatic N) is 5. The molecular formula is C20H27N5O5. The van der Waals surface area contributed by atoms with Gasteiger partial charge in [-0.3, -0.25) is 19.7 Å². The van der Waals surface area contributed by atoms with Gasteiger partial charge in [0.05, 0.1) is 11.3 Å². The van der Waals surface area contributed by atoms with E-state index >= 15 is 0 Å². The highest BCUT2D eigenvalue weighted by molar-refractivity contribution is 5.97. The van der Waals surface area contributed by atoms with Crippen molar-refractivity contribution in [2.45, 2.75) is 26.4 Å². The van der Waals surface area contributed by atoms with Crippen molar-refractivity contribution in [3.63, 3.8) is 0 Å². The van der Waals surface area contributed by atoms with Gasteiger partial charge in [0.1, 0.15) is 17.8 Å². The summed E-state index contributed by atoms with van der Waals surface area (Å²) in [6.45, 7) is 5.77. The third-order valence-corrected chi connectivity index (χ3v) is 4.05. The maximum Gasteiger partial charge on any atom is 0.326 e. The highest BCUT2D eigenvalue weighted by Crippen LogP contribution is 2.25. The summed E-state index contributed by atoms with van der Waals surface area (Å²) in [4.78, 5) is 43.5. The fourth-order valence-corrected chi connectivity index (χ4v) is 2.71. The van der Waals surface area contributed by atoms with E-state index in [2.05, 4.69) is 4.98 Å². The first-order chi connectivity index (χ1) is 14.0. The quantitative estimate of drug-likeness (QED) is 0.367. The molecule has 0 saturated heterocycles. The van der Waals surface area contributed by atoms with Crippen molar-refractivity contribution in [2.75, 3.05) is 33.7 Å². The van der Waals surface area contributed by atoms with Crippen LogP contribution in [0.3, 0.4) is 0 Å². The fraction of sp³-hybridized carbons (Fsp3) is 0.450. The molecule has 2 rings (SSSR count). The van der Waals surface area contributed by atoms with Crippen molar-refractivity contribution in [3.8, 4) is 5.69 Å². The van der Waals surface area contributed by atoms with E-state index in [1.807, 2.05) is 19.0 Å². The van der Waals surface area contributed by atoms with E-state index in [-0.39, 0.29) is 24.3 Å². The molecular weight excluding hydrogens is 390 g/mol. The average molecular weight is 417 g/mol. The van der Waals surface area contributed by atoms with E-state index in [4.69, 9.17) is 4.74 Å². The van der Waals surface area contributed by atoms with Crippen molar-refractivity contribution in [1.82, 2.24) is 19.4 Å². The van der Waals surface area contributed by atoms with Crippen LogP contribution in [0.2, 0.25) is 0 Å². The molecule has 10 heteroatoms. The number of hydrogen-bond acceptors (Lipinski definition) is 7. The van der Waals surface area contributed by atoms with E-state index in [9.17, 15) is 19.7 Å². The number of carbonyl (C=O) groups is 2. The standard InChI is InChI=1S/C20H27N5O5/c1-20(2,3)30-18(26)13-23(11-10-22(4)5)19(27)15-6-7-16(17(12-15)25(28)29)24-9-8-21-14-24/h6-9,12,14H,10-11,13H2,1-5H3. The summed E-state index contributed by atoms with van der Waals surface area (Å²) in [5.41, 5.74) is -0.504. The molecule has 0 aliphatic rings. The van der Waals surface area contributed by atoms with Crippen LogP contribution in [0.5, 0.6) is 0 Å². The monoisotopic (exact) mass is 417 g/mol. The van der Waals surface area contributed by atoms with Gasteiger partial charge in [0, 0.05) is 37.1 Å². The molecule has 0 fully saturated rings. The zero-order chi connectivity index (χ0) is 22.5. The van der Waals surface area contributed by atoms with Crippen LogP contribution in [0.15, 0.2) is 36.9 Å².